The van der Waals surface area contributed by atoms with Gasteiger partial charge in [0.15, 0.2) is 0 Å². The molecule has 2 heterocycles. The van der Waals surface area contributed by atoms with Gasteiger partial charge in [0.05, 0.1) is 11.2 Å². The maximum absolute atomic E-state index is 13.4. The number of hydrogen-bond acceptors (Lipinski definition) is 3. The van der Waals surface area contributed by atoms with Gasteiger partial charge < -0.3 is 9.88 Å². The summed E-state index contributed by atoms with van der Waals surface area (Å²) in [6.45, 7) is 1.51. The second-order valence-corrected chi connectivity index (χ2v) is 8.04. The molecule has 0 radical (unpaired) electrons. The molecule has 0 saturated carbocycles. The second kappa shape index (κ2) is 7.99. The van der Waals surface area contributed by atoms with E-state index in [9.17, 15) is 18.8 Å². The van der Waals surface area contributed by atoms with Crippen LogP contribution in [0.4, 0.5) is 10.1 Å². The van der Waals surface area contributed by atoms with Crippen LogP contribution < -0.4 is 16.6 Å². The van der Waals surface area contributed by atoms with Crippen LogP contribution in [0.3, 0.4) is 0 Å². The van der Waals surface area contributed by atoms with Crippen molar-refractivity contribution in [1.82, 2.24) is 13.7 Å². The second-order valence-electron chi connectivity index (χ2n) is 7.12. The molecule has 4 aromatic rings. The fourth-order valence-electron chi connectivity index (χ4n) is 3.43. The monoisotopic (exact) mass is 484 g/mol. The molecule has 0 aliphatic heterocycles. The lowest BCUT2D eigenvalue weighted by Crippen LogP contribution is -2.41. The van der Waals surface area contributed by atoms with Gasteiger partial charge in [-0.1, -0.05) is 15.9 Å². The maximum Gasteiger partial charge on any atom is 0.336 e. The number of hydrogen-bond donors (Lipinski definition) is 1. The molecule has 2 aromatic heterocycles. The lowest BCUT2D eigenvalue weighted by atomic mass is 10.3. The first-order valence-electron chi connectivity index (χ1n) is 9.39. The Morgan fingerprint density at radius 3 is 2.35 bits per heavy atom. The van der Waals surface area contributed by atoms with E-state index < -0.39 is 23.0 Å². The van der Waals surface area contributed by atoms with E-state index in [2.05, 4.69) is 21.2 Å². The lowest BCUT2D eigenvalue weighted by Gasteiger charge is -2.13. The summed E-state index contributed by atoms with van der Waals surface area (Å²) in [6.07, 6.45) is 0. The number of fused-ring (bicyclic) bond motifs is 1. The predicted octanol–water partition coefficient (Wildman–Crippen LogP) is 3.34. The molecule has 31 heavy (non-hydrogen) atoms. The highest BCUT2D eigenvalue weighted by molar-refractivity contribution is 9.10. The first-order chi connectivity index (χ1) is 14.8. The fourth-order valence-corrected chi connectivity index (χ4v) is 3.70. The highest BCUT2D eigenvalue weighted by atomic mass is 79.9. The Kier molecular flexibility index (Phi) is 5.36. The third kappa shape index (κ3) is 3.84. The average molecular weight is 485 g/mol. The van der Waals surface area contributed by atoms with Crippen molar-refractivity contribution < 1.29 is 9.18 Å². The summed E-state index contributed by atoms with van der Waals surface area (Å²) in [6, 6.07) is 13.8. The van der Waals surface area contributed by atoms with Crippen LogP contribution in [0.15, 0.2) is 68.7 Å². The molecular weight excluding hydrogens is 467 g/mol. The van der Waals surface area contributed by atoms with Gasteiger partial charge in [-0.25, -0.2) is 13.8 Å². The summed E-state index contributed by atoms with van der Waals surface area (Å²) < 4.78 is 18.1. The number of halogens is 2. The number of anilines is 1. The first-order valence-corrected chi connectivity index (χ1v) is 10.2. The van der Waals surface area contributed by atoms with E-state index in [1.165, 1.54) is 28.8 Å². The van der Waals surface area contributed by atoms with Gasteiger partial charge in [-0.15, -0.1) is 0 Å². The van der Waals surface area contributed by atoms with Crippen LogP contribution in [-0.2, 0) is 18.4 Å². The zero-order valence-electron chi connectivity index (χ0n) is 16.7. The summed E-state index contributed by atoms with van der Waals surface area (Å²) in [5.74, 6) is -0.904. The van der Waals surface area contributed by atoms with Crippen LogP contribution in [0.2, 0.25) is 0 Å². The van der Waals surface area contributed by atoms with E-state index in [-0.39, 0.29) is 17.7 Å². The Morgan fingerprint density at radius 1 is 1.06 bits per heavy atom. The quantitative estimate of drug-likeness (QED) is 0.482. The number of carbonyl (C=O) groups excluding carboxylic acids is 1. The lowest BCUT2D eigenvalue weighted by molar-refractivity contribution is -0.116. The predicted molar refractivity (Wildman–Crippen MR) is 120 cm³/mol. The fraction of sp³-hybridized carbons (Fsp3) is 0.136. The van der Waals surface area contributed by atoms with Crippen molar-refractivity contribution in [2.45, 2.75) is 13.5 Å². The number of rotatable bonds is 4. The van der Waals surface area contributed by atoms with E-state index in [0.29, 0.717) is 11.2 Å². The van der Waals surface area contributed by atoms with Crippen LogP contribution in [-0.4, -0.2) is 19.6 Å². The highest BCUT2D eigenvalue weighted by Crippen LogP contribution is 2.17. The molecule has 0 saturated heterocycles. The Balaban J connectivity index is 1.85. The van der Waals surface area contributed by atoms with E-state index in [1.54, 1.807) is 48.9 Å². The Labute approximate surface area is 184 Å². The van der Waals surface area contributed by atoms with Gasteiger partial charge in [-0.3, -0.25) is 14.2 Å². The van der Waals surface area contributed by atoms with Gasteiger partial charge in [-0.2, -0.15) is 0 Å². The average Bonchev–Trinajstić information content (AvgIpc) is 3.03. The van der Waals surface area contributed by atoms with Crippen LogP contribution in [0, 0.1) is 12.7 Å². The Morgan fingerprint density at radius 2 is 1.71 bits per heavy atom. The highest BCUT2D eigenvalue weighted by Gasteiger charge is 2.20. The zero-order valence-corrected chi connectivity index (χ0v) is 18.3. The largest absolute Gasteiger partial charge is 0.342 e. The van der Waals surface area contributed by atoms with Crippen molar-refractivity contribution in [3.63, 3.8) is 0 Å². The molecule has 1 amide bonds. The number of nitrogens with one attached hydrogen (secondary N) is 1. The van der Waals surface area contributed by atoms with Gasteiger partial charge in [0.1, 0.15) is 17.9 Å². The molecule has 0 spiro atoms. The van der Waals surface area contributed by atoms with E-state index >= 15 is 0 Å². The molecule has 0 atom stereocenters. The third-order valence-corrected chi connectivity index (χ3v) is 5.61. The van der Waals surface area contributed by atoms with E-state index in [0.717, 1.165) is 14.7 Å². The topological polar surface area (TPSA) is 78.0 Å². The van der Waals surface area contributed by atoms with Gasteiger partial charge >= 0.3 is 5.69 Å². The summed E-state index contributed by atoms with van der Waals surface area (Å²) in [4.78, 5) is 39.1. The normalized spacial score (nSPS) is 11.1. The smallest absolute Gasteiger partial charge is 0.336 e. The maximum atomic E-state index is 13.4. The van der Waals surface area contributed by atoms with Crippen molar-refractivity contribution in [3.8, 4) is 5.69 Å². The number of benzene rings is 2. The van der Waals surface area contributed by atoms with Gasteiger partial charge in [-0.05, 0) is 61.5 Å². The van der Waals surface area contributed by atoms with E-state index in [4.69, 9.17) is 0 Å². The van der Waals surface area contributed by atoms with Crippen molar-refractivity contribution in [2.24, 2.45) is 7.05 Å². The molecule has 0 unspecified atom stereocenters. The minimum atomic E-state index is -0.680. The van der Waals surface area contributed by atoms with Gasteiger partial charge in [0, 0.05) is 22.9 Å². The number of nitrogens with zero attached hydrogens (tertiary/aromatic N) is 3. The molecule has 0 bridgehead atoms. The Hall–Kier alpha value is -3.46. The summed E-state index contributed by atoms with van der Waals surface area (Å²) >= 11 is 3.34. The molecule has 158 valence electrons. The molecule has 0 fully saturated rings. The molecule has 0 aliphatic rings. The third-order valence-electron chi connectivity index (χ3n) is 5.09. The minimum absolute atomic E-state index is 0.222. The van der Waals surface area contributed by atoms with Crippen LogP contribution in [0.1, 0.15) is 5.69 Å². The number of carbonyl (C=O) groups is 1. The SMILES string of the molecule is Cc1cc2c(c(=O)n(-c3ccc(F)cc3)c(=O)n2CC(=O)Nc2ccc(Br)cc2)n1C. The molecule has 9 heteroatoms. The van der Waals surface area contributed by atoms with Crippen molar-refractivity contribution >= 4 is 38.6 Å². The summed E-state index contributed by atoms with van der Waals surface area (Å²) in [5.41, 5.74) is 0.975. The van der Waals surface area contributed by atoms with E-state index in [1.807, 2.05) is 0 Å². The molecule has 2 aromatic carbocycles. The summed E-state index contributed by atoms with van der Waals surface area (Å²) in [7, 11) is 1.71. The summed E-state index contributed by atoms with van der Waals surface area (Å²) in [5, 5.41) is 2.75. The molecule has 0 aliphatic carbocycles. The standard InChI is InChI=1S/C22H18BrFN4O3/c1-13-11-18-20(26(13)2)21(30)28(17-9-5-15(24)6-10-17)22(31)27(18)12-19(29)25-16-7-3-14(23)4-8-16/h3-11H,12H2,1-2H3,(H,25,29). The number of aryl methyl sites for hydroxylation is 2. The Bertz CT molecular complexity index is 1420. The molecule has 4 rings (SSSR count). The zero-order chi connectivity index (χ0) is 22.3. The van der Waals surface area contributed by atoms with Crippen LogP contribution >= 0.6 is 15.9 Å². The van der Waals surface area contributed by atoms with Crippen molar-refractivity contribution in [2.75, 3.05) is 5.32 Å². The van der Waals surface area contributed by atoms with Gasteiger partial charge in [0.25, 0.3) is 5.56 Å². The van der Waals surface area contributed by atoms with Crippen LogP contribution in [0.5, 0.6) is 0 Å². The minimum Gasteiger partial charge on any atom is -0.342 e. The molecule has 1 N–H and O–H groups in total. The van der Waals surface area contributed by atoms with Crippen LogP contribution in [0.25, 0.3) is 16.7 Å². The first kappa shape index (κ1) is 20.8. The number of aromatic nitrogens is 3. The van der Waals surface area contributed by atoms with Gasteiger partial charge in [0.2, 0.25) is 5.91 Å². The number of amides is 1. The van der Waals surface area contributed by atoms with Crippen molar-refractivity contribution in [1.29, 1.82) is 0 Å². The molecule has 7 nitrogen and oxygen atoms in total. The van der Waals surface area contributed by atoms with Crippen molar-refractivity contribution in [3.05, 3.63) is 91.4 Å². The molecular formula is C22H18BrFN4O3.